The lowest BCUT2D eigenvalue weighted by atomic mass is 10.1. The zero-order valence-corrected chi connectivity index (χ0v) is 13.6. The maximum absolute atomic E-state index is 5.85. The summed E-state index contributed by atoms with van der Waals surface area (Å²) in [5, 5.41) is 1.01. The van der Waals surface area contributed by atoms with Crippen LogP contribution in [0.1, 0.15) is 19.4 Å². The van der Waals surface area contributed by atoms with Crippen molar-refractivity contribution >= 4 is 27.2 Å². The van der Waals surface area contributed by atoms with E-state index in [2.05, 4.69) is 11.1 Å². The number of fused-ring (bicyclic) bond motifs is 1. The van der Waals surface area contributed by atoms with Crippen molar-refractivity contribution in [1.82, 2.24) is 4.98 Å². The summed E-state index contributed by atoms with van der Waals surface area (Å²) in [6, 6.07) is 11.9. The topological polar surface area (TPSA) is 48.1 Å². The Kier molecular flexibility index (Phi) is 4.81. The molecule has 0 saturated heterocycles. The zero-order valence-electron chi connectivity index (χ0n) is 12.8. The van der Waals surface area contributed by atoms with Gasteiger partial charge in [-0.05, 0) is 48.9 Å². The lowest BCUT2D eigenvalue weighted by molar-refractivity contribution is 0.415. The molecule has 0 aliphatic carbocycles. The van der Waals surface area contributed by atoms with Crippen molar-refractivity contribution in [2.24, 2.45) is 0 Å². The largest absolute Gasteiger partial charge is 0.497 e. The molecule has 110 valence electrons. The van der Waals surface area contributed by atoms with Gasteiger partial charge in [0.25, 0.3) is 0 Å². The van der Waals surface area contributed by atoms with Crippen LogP contribution in [-0.2, 0) is 0 Å². The van der Waals surface area contributed by atoms with Gasteiger partial charge in [-0.3, -0.25) is 0 Å². The van der Waals surface area contributed by atoms with E-state index >= 15 is 0 Å². The third kappa shape index (κ3) is 3.16. The summed E-state index contributed by atoms with van der Waals surface area (Å²) in [7, 11) is 1.67. The Morgan fingerprint density at radius 2 is 1.86 bits per heavy atom. The van der Waals surface area contributed by atoms with Crippen molar-refractivity contribution in [2.45, 2.75) is 20.8 Å². The van der Waals surface area contributed by atoms with E-state index in [1.54, 1.807) is 18.4 Å². The number of thiazole rings is 1. The second-order valence-electron chi connectivity index (χ2n) is 4.42. The highest BCUT2D eigenvalue weighted by Crippen LogP contribution is 2.33. The Bertz CT molecular complexity index is 750. The van der Waals surface area contributed by atoms with Crippen molar-refractivity contribution in [3.63, 3.8) is 0 Å². The van der Waals surface area contributed by atoms with Crippen molar-refractivity contribution in [3.8, 4) is 16.3 Å². The third-order valence-corrected chi connectivity index (χ3v) is 4.18. The lowest BCUT2D eigenvalue weighted by Gasteiger charge is -2.01. The SMILES string of the molecule is CC.COc1ccc2nc(-c3ccc(N)c(C)c3)sc2c1. The highest BCUT2D eigenvalue weighted by molar-refractivity contribution is 7.21. The molecule has 0 saturated carbocycles. The molecule has 0 atom stereocenters. The fourth-order valence-electron chi connectivity index (χ4n) is 1.96. The summed E-state index contributed by atoms with van der Waals surface area (Å²) in [4.78, 5) is 4.65. The van der Waals surface area contributed by atoms with Crippen LogP contribution in [-0.4, -0.2) is 12.1 Å². The first-order valence-electron chi connectivity index (χ1n) is 6.98. The first kappa shape index (κ1) is 15.3. The number of ether oxygens (including phenoxy) is 1. The smallest absolute Gasteiger partial charge is 0.124 e. The standard InChI is InChI=1S/C15H14N2OS.C2H6/c1-9-7-10(3-5-12(9)16)15-17-13-6-4-11(18-2)8-14(13)19-15;1-2/h3-8H,16H2,1-2H3;1-2H3. The highest BCUT2D eigenvalue weighted by atomic mass is 32.1. The lowest BCUT2D eigenvalue weighted by Crippen LogP contribution is -1.89. The van der Waals surface area contributed by atoms with Gasteiger partial charge in [0.05, 0.1) is 17.3 Å². The number of anilines is 1. The number of hydrogen-bond acceptors (Lipinski definition) is 4. The van der Waals surface area contributed by atoms with E-state index in [4.69, 9.17) is 10.5 Å². The maximum Gasteiger partial charge on any atom is 0.124 e. The number of methoxy groups -OCH3 is 1. The number of nitrogens with zero attached hydrogens (tertiary/aromatic N) is 1. The van der Waals surface area contributed by atoms with Crippen LogP contribution in [0.4, 0.5) is 5.69 Å². The number of nitrogen functional groups attached to an aromatic ring is 1. The van der Waals surface area contributed by atoms with Crippen molar-refractivity contribution in [2.75, 3.05) is 12.8 Å². The van der Waals surface area contributed by atoms with E-state index in [9.17, 15) is 0 Å². The molecule has 3 rings (SSSR count). The van der Waals surface area contributed by atoms with Crippen LogP contribution in [0.3, 0.4) is 0 Å². The predicted molar refractivity (Wildman–Crippen MR) is 92.1 cm³/mol. The van der Waals surface area contributed by atoms with Gasteiger partial charge in [-0.2, -0.15) is 0 Å². The van der Waals surface area contributed by atoms with Gasteiger partial charge in [0, 0.05) is 11.3 Å². The first-order chi connectivity index (χ1) is 10.2. The summed E-state index contributed by atoms with van der Waals surface area (Å²) < 4.78 is 6.36. The molecule has 3 aromatic rings. The molecule has 3 nitrogen and oxygen atoms in total. The molecule has 1 aromatic heterocycles. The molecule has 0 amide bonds. The van der Waals surface area contributed by atoms with E-state index in [1.165, 1.54) is 0 Å². The zero-order chi connectivity index (χ0) is 15.4. The van der Waals surface area contributed by atoms with Gasteiger partial charge < -0.3 is 10.5 Å². The minimum Gasteiger partial charge on any atom is -0.497 e. The number of aryl methyl sites for hydroxylation is 1. The van der Waals surface area contributed by atoms with Crippen LogP contribution in [0.25, 0.3) is 20.8 Å². The summed E-state index contributed by atoms with van der Waals surface area (Å²) in [5.74, 6) is 0.858. The Hall–Kier alpha value is -2.07. The molecule has 0 aliphatic heterocycles. The molecule has 0 radical (unpaired) electrons. The molecule has 4 heteroatoms. The van der Waals surface area contributed by atoms with Crippen molar-refractivity contribution < 1.29 is 4.74 Å². The van der Waals surface area contributed by atoms with E-state index in [1.807, 2.05) is 51.1 Å². The molecule has 0 bridgehead atoms. The molecule has 0 unspecified atom stereocenters. The number of benzene rings is 2. The van der Waals surface area contributed by atoms with Gasteiger partial charge in [0.15, 0.2) is 0 Å². The average molecular weight is 300 g/mol. The molecule has 0 fully saturated rings. The van der Waals surface area contributed by atoms with Gasteiger partial charge in [0.1, 0.15) is 10.8 Å². The molecular weight excluding hydrogens is 280 g/mol. The number of rotatable bonds is 2. The Morgan fingerprint density at radius 1 is 1.10 bits per heavy atom. The molecule has 1 heterocycles. The van der Waals surface area contributed by atoms with Gasteiger partial charge in [-0.15, -0.1) is 11.3 Å². The minimum atomic E-state index is 0.812. The summed E-state index contributed by atoms with van der Waals surface area (Å²) in [5.41, 5.74) is 9.84. The van der Waals surface area contributed by atoms with E-state index < -0.39 is 0 Å². The van der Waals surface area contributed by atoms with Crippen LogP contribution >= 0.6 is 11.3 Å². The first-order valence-corrected chi connectivity index (χ1v) is 7.80. The third-order valence-electron chi connectivity index (χ3n) is 3.11. The van der Waals surface area contributed by atoms with Gasteiger partial charge >= 0.3 is 0 Å². The molecule has 0 spiro atoms. The Labute approximate surface area is 129 Å². The predicted octanol–water partition coefficient (Wildman–Crippen LogP) is 4.89. The number of aromatic nitrogens is 1. The van der Waals surface area contributed by atoms with Crippen LogP contribution < -0.4 is 10.5 Å². The fraction of sp³-hybridized carbons (Fsp3) is 0.235. The highest BCUT2D eigenvalue weighted by Gasteiger charge is 2.08. The summed E-state index contributed by atoms with van der Waals surface area (Å²) in [6.45, 7) is 6.01. The van der Waals surface area contributed by atoms with Gasteiger partial charge in [-0.25, -0.2) is 4.98 Å². The number of nitrogens with two attached hydrogens (primary N) is 1. The van der Waals surface area contributed by atoms with Crippen molar-refractivity contribution in [3.05, 3.63) is 42.0 Å². The van der Waals surface area contributed by atoms with Gasteiger partial charge in [-0.1, -0.05) is 13.8 Å². The average Bonchev–Trinajstić information content (AvgIpc) is 2.94. The maximum atomic E-state index is 5.85. The van der Waals surface area contributed by atoms with E-state index in [0.29, 0.717) is 0 Å². The molecular formula is C17H20N2OS. The van der Waals surface area contributed by atoms with Crippen LogP contribution in [0.2, 0.25) is 0 Å². The summed E-state index contributed by atoms with van der Waals surface area (Å²) >= 11 is 1.66. The second-order valence-corrected chi connectivity index (χ2v) is 5.45. The molecule has 2 aromatic carbocycles. The molecule has 0 aliphatic rings. The monoisotopic (exact) mass is 300 g/mol. The molecule has 21 heavy (non-hydrogen) atoms. The summed E-state index contributed by atoms with van der Waals surface area (Å²) in [6.07, 6.45) is 0. The van der Waals surface area contributed by atoms with Crippen LogP contribution in [0.15, 0.2) is 36.4 Å². The van der Waals surface area contributed by atoms with E-state index in [-0.39, 0.29) is 0 Å². The van der Waals surface area contributed by atoms with Gasteiger partial charge in [0.2, 0.25) is 0 Å². The van der Waals surface area contributed by atoms with E-state index in [0.717, 1.165) is 37.8 Å². The fourth-order valence-corrected chi connectivity index (χ4v) is 2.95. The molecule has 2 N–H and O–H groups in total. The Balaban J connectivity index is 0.000000774. The van der Waals surface area contributed by atoms with Crippen molar-refractivity contribution in [1.29, 1.82) is 0 Å². The normalized spacial score (nSPS) is 10.1. The van der Waals surface area contributed by atoms with Crippen LogP contribution in [0, 0.1) is 6.92 Å². The quantitative estimate of drug-likeness (QED) is 0.685. The minimum absolute atomic E-state index is 0.812. The van der Waals surface area contributed by atoms with Crippen LogP contribution in [0.5, 0.6) is 5.75 Å². The number of hydrogen-bond donors (Lipinski definition) is 1. The second kappa shape index (κ2) is 6.59. The Morgan fingerprint density at radius 3 is 2.52 bits per heavy atom.